The van der Waals surface area contributed by atoms with Crippen LogP contribution in [0.5, 0.6) is 0 Å². The van der Waals surface area contributed by atoms with Crippen molar-refractivity contribution in [1.29, 1.82) is 0 Å². The zero-order chi connectivity index (χ0) is 15.0. The fourth-order valence-electron chi connectivity index (χ4n) is 2.24. The molecule has 0 atom stereocenters. The van der Waals surface area contributed by atoms with Gasteiger partial charge in [0.1, 0.15) is 11.5 Å². The summed E-state index contributed by atoms with van der Waals surface area (Å²) >= 11 is 0. The highest BCUT2D eigenvalue weighted by atomic mass is 19.1. The van der Waals surface area contributed by atoms with Gasteiger partial charge in [0.05, 0.1) is 5.69 Å². The Morgan fingerprint density at radius 2 is 1.90 bits per heavy atom. The zero-order valence-electron chi connectivity index (χ0n) is 11.8. The fraction of sp³-hybridized carbons (Fsp3) is 0.125. The zero-order valence-corrected chi connectivity index (χ0v) is 11.8. The Kier molecular flexibility index (Phi) is 3.17. The molecule has 4 nitrogen and oxygen atoms in total. The minimum absolute atomic E-state index is 0.247. The van der Waals surface area contributed by atoms with Crippen molar-refractivity contribution in [2.24, 2.45) is 0 Å². The van der Waals surface area contributed by atoms with Gasteiger partial charge in [-0.1, -0.05) is 17.3 Å². The fourth-order valence-corrected chi connectivity index (χ4v) is 2.24. The molecule has 0 aliphatic carbocycles. The number of nitrogen functional groups attached to an aromatic ring is 1. The number of hydrogen-bond acceptors (Lipinski definition) is 3. The van der Waals surface area contributed by atoms with E-state index in [9.17, 15) is 4.39 Å². The van der Waals surface area contributed by atoms with Crippen LogP contribution in [0.2, 0.25) is 0 Å². The van der Waals surface area contributed by atoms with Crippen molar-refractivity contribution in [1.82, 2.24) is 15.0 Å². The SMILES string of the molecule is Cc1cccc(-n2nnc(-c3ccc(F)c(C)c3)c2N)c1. The highest BCUT2D eigenvalue weighted by Crippen LogP contribution is 2.26. The van der Waals surface area contributed by atoms with Crippen LogP contribution in [0.15, 0.2) is 42.5 Å². The Morgan fingerprint density at radius 3 is 2.62 bits per heavy atom. The summed E-state index contributed by atoms with van der Waals surface area (Å²) in [5, 5.41) is 8.23. The smallest absolute Gasteiger partial charge is 0.155 e. The molecule has 0 radical (unpaired) electrons. The molecule has 2 aromatic carbocycles. The summed E-state index contributed by atoms with van der Waals surface area (Å²) < 4.78 is 14.9. The van der Waals surface area contributed by atoms with Crippen LogP contribution in [0, 0.1) is 19.7 Å². The predicted octanol–water partition coefficient (Wildman–Crippen LogP) is 3.27. The highest BCUT2D eigenvalue weighted by molar-refractivity contribution is 5.71. The molecule has 1 aromatic heterocycles. The first-order chi connectivity index (χ1) is 10.1. The number of benzene rings is 2. The molecule has 3 aromatic rings. The molecule has 0 fully saturated rings. The van der Waals surface area contributed by atoms with E-state index < -0.39 is 0 Å². The van der Waals surface area contributed by atoms with Crippen LogP contribution in [0.3, 0.4) is 0 Å². The summed E-state index contributed by atoms with van der Waals surface area (Å²) in [5.41, 5.74) is 9.98. The monoisotopic (exact) mass is 282 g/mol. The van der Waals surface area contributed by atoms with E-state index in [1.807, 2.05) is 31.2 Å². The van der Waals surface area contributed by atoms with E-state index in [1.165, 1.54) is 6.07 Å². The van der Waals surface area contributed by atoms with Gasteiger partial charge >= 0.3 is 0 Å². The van der Waals surface area contributed by atoms with E-state index in [2.05, 4.69) is 10.3 Å². The lowest BCUT2D eigenvalue weighted by molar-refractivity contribution is 0.619. The molecular formula is C16H15FN4. The Hall–Kier alpha value is -2.69. The van der Waals surface area contributed by atoms with Gasteiger partial charge in [-0.15, -0.1) is 5.10 Å². The van der Waals surface area contributed by atoms with Crippen molar-refractivity contribution in [2.75, 3.05) is 5.73 Å². The molecule has 3 rings (SSSR count). The molecule has 0 saturated carbocycles. The molecule has 0 unspecified atom stereocenters. The molecule has 106 valence electrons. The number of rotatable bonds is 2. The first-order valence-electron chi connectivity index (χ1n) is 6.61. The number of nitrogens with zero attached hydrogens (tertiary/aromatic N) is 3. The number of anilines is 1. The number of aryl methyl sites for hydroxylation is 2. The van der Waals surface area contributed by atoms with Crippen molar-refractivity contribution in [3.05, 3.63) is 59.4 Å². The third-order valence-corrected chi connectivity index (χ3v) is 3.38. The van der Waals surface area contributed by atoms with Crippen molar-refractivity contribution in [3.63, 3.8) is 0 Å². The molecule has 1 heterocycles. The first kappa shape index (κ1) is 13.3. The third kappa shape index (κ3) is 2.38. The molecule has 21 heavy (non-hydrogen) atoms. The summed E-state index contributed by atoms with van der Waals surface area (Å²) in [6.45, 7) is 3.71. The van der Waals surface area contributed by atoms with Crippen LogP contribution in [0.1, 0.15) is 11.1 Å². The van der Waals surface area contributed by atoms with Crippen molar-refractivity contribution >= 4 is 5.82 Å². The van der Waals surface area contributed by atoms with Crippen LogP contribution in [-0.4, -0.2) is 15.0 Å². The van der Waals surface area contributed by atoms with E-state index >= 15 is 0 Å². The third-order valence-electron chi connectivity index (χ3n) is 3.38. The van der Waals surface area contributed by atoms with Crippen LogP contribution in [-0.2, 0) is 0 Å². The molecule has 2 N–H and O–H groups in total. The normalized spacial score (nSPS) is 10.8. The van der Waals surface area contributed by atoms with Crippen molar-refractivity contribution < 1.29 is 4.39 Å². The van der Waals surface area contributed by atoms with Crippen LogP contribution in [0.4, 0.5) is 10.2 Å². The molecule has 0 amide bonds. The lowest BCUT2D eigenvalue weighted by Crippen LogP contribution is -2.02. The van der Waals surface area contributed by atoms with Gasteiger partial charge in [-0.2, -0.15) is 4.68 Å². The average Bonchev–Trinajstić information content (AvgIpc) is 2.84. The van der Waals surface area contributed by atoms with Gasteiger partial charge in [-0.05, 0) is 55.3 Å². The second-order valence-corrected chi connectivity index (χ2v) is 5.04. The van der Waals surface area contributed by atoms with E-state index in [4.69, 9.17) is 5.73 Å². The van der Waals surface area contributed by atoms with Crippen LogP contribution >= 0.6 is 0 Å². The first-order valence-corrected chi connectivity index (χ1v) is 6.61. The summed E-state index contributed by atoms with van der Waals surface area (Å²) in [6.07, 6.45) is 0. The summed E-state index contributed by atoms with van der Waals surface area (Å²) in [4.78, 5) is 0. The minimum atomic E-state index is -0.247. The topological polar surface area (TPSA) is 56.7 Å². The maximum absolute atomic E-state index is 13.4. The molecule has 0 aliphatic rings. The Balaban J connectivity index is 2.09. The maximum atomic E-state index is 13.4. The van der Waals surface area contributed by atoms with Crippen LogP contribution < -0.4 is 5.73 Å². The van der Waals surface area contributed by atoms with Gasteiger partial charge < -0.3 is 5.73 Å². The van der Waals surface area contributed by atoms with Gasteiger partial charge in [0.25, 0.3) is 0 Å². The number of hydrogen-bond donors (Lipinski definition) is 1. The summed E-state index contributed by atoms with van der Waals surface area (Å²) in [5.74, 6) is 0.190. The molecule has 0 spiro atoms. The van der Waals surface area contributed by atoms with Gasteiger partial charge in [-0.25, -0.2) is 4.39 Å². The van der Waals surface area contributed by atoms with Gasteiger partial charge in [0.15, 0.2) is 5.82 Å². The van der Waals surface area contributed by atoms with Crippen molar-refractivity contribution in [3.8, 4) is 16.9 Å². The largest absolute Gasteiger partial charge is 0.382 e. The molecule has 0 aliphatic heterocycles. The Morgan fingerprint density at radius 1 is 1.10 bits per heavy atom. The second-order valence-electron chi connectivity index (χ2n) is 5.04. The number of halogens is 1. The summed E-state index contributed by atoms with van der Waals surface area (Å²) in [6, 6.07) is 12.6. The predicted molar refractivity (Wildman–Crippen MR) is 80.6 cm³/mol. The minimum Gasteiger partial charge on any atom is -0.382 e. The standard InChI is InChI=1S/C16H15FN4/c1-10-4-3-5-13(8-10)21-16(18)15(19-20-21)12-6-7-14(17)11(2)9-12/h3-9H,18H2,1-2H3. The van der Waals surface area contributed by atoms with E-state index in [0.717, 1.165) is 16.8 Å². The summed E-state index contributed by atoms with van der Waals surface area (Å²) in [7, 11) is 0. The van der Waals surface area contributed by atoms with Crippen LogP contribution in [0.25, 0.3) is 16.9 Å². The second kappa shape index (κ2) is 5.01. The average molecular weight is 282 g/mol. The van der Waals surface area contributed by atoms with Gasteiger partial charge in [0, 0.05) is 5.56 Å². The quantitative estimate of drug-likeness (QED) is 0.784. The van der Waals surface area contributed by atoms with Crippen molar-refractivity contribution in [2.45, 2.75) is 13.8 Å². The Labute approximate surface area is 122 Å². The van der Waals surface area contributed by atoms with E-state index in [1.54, 1.807) is 23.7 Å². The molecule has 5 heteroatoms. The van der Waals surface area contributed by atoms with E-state index in [-0.39, 0.29) is 5.82 Å². The molecular weight excluding hydrogens is 267 g/mol. The van der Waals surface area contributed by atoms with Gasteiger partial charge in [-0.3, -0.25) is 0 Å². The lowest BCUT2D eigenvalue weighted by atomic mass is 10.1. The number of aromatic nitrogens is 3. The molecule has 0 saturated heterocycles. The van der Waals surface area contributed by atoms with Gasteiger partial charge in [0.2, 0.25) is 0 Å². The van der Waals surface area contributed by atoms with E-state index in [0.29, 0.717) is 17.1 Å². The maximum Gasteiger partial charge on any atom is 0.155 e. The number of nitrogens with two attached hydrogens (primary N) is 1. The Bertz CT molecular complexity index is 808. The highest BCUT2D eigenvalue weighted by Gasteiger charge is 2.14. The lowest BCUT2D eigenvalue weighted by Gasteiger charge is -2.05. The molecule has 0 bridgehead atoms.